The van der Waals surface area contributed by atoms with Gasteiger partial charge in [0.1, 0.15) is 30.3 Å². The SMILES string of the molecule is CC1=C[C@H]2O[C@@H]3[C@H](O)[C@@H](O)[C@](C)(C2(COC(=O)CCl)CC1)[C@@]31CO1. The van der Waals surface area contributed by atoms with Crippen molar-refractivity contribution in [2.75, 3.05) is 19.1 Å². The van der Waals surface area contributed by atoms with Crippen molar-refractivity contribution in [3.8, 4) is 0 Å². The van der Waals surface area contributed by atoms with Gasteiger partial charge < -0.3 is 24.4 Å². The zero-order valence-corrected chi connectivity index (χ0v) is 14.6. The minimum atomic E-state index is -1.02. The van der Waals surface area contributed by atoms with Crippen LogP contribution in [0, 0.1) is 10.8 Å². The van der Waals surface area contributed by atoms with Gasteiger partial charge in [0.05, 0.1) is 18.8 Å². The fourth-order valence-corrected chi connectivity index (χ4v) is 5.35. The average Bonchev–Trinajstić information content (AvgIpc) is 3.35. The lowest BCUT2D eigenvalue weighted by atomic mass is 9.51. The Morgan fingerprint density at radius 3 is 2.83 bits per heavy atom. The Morgan fingerprint density at radius 1 is 1.50 bits per heavy atom. The minimum absolute atomic E-state index is 0.0884. The number of carbonyl (C=O) groups excluding carboxylic acids is 1. The summed E-state index contributed by atoms with van der Waals surface area (Å²) in [5.41, 5.74) is -0.942. The summed E-state index contributed by atoms with van der Waals surface area (Å²) in [6, 6.07) is 0. The number of esters is 1. The van der Waals surface area contributed by atoms with Gasteiger partial charge in [0.2, 0.25) is 0 Å². The first kappa shape index (κ1) is 16.8. The molecule has 1 saturated carbocycles. The van der Waals surface area contributed by atoms with Crippen LogP contribution in [0.25, 0.3) is 0 Å². The smallest absolute Gasteiger partial charge is 0.320 e. The molecule has 6 nitrogen and oxygen atoms in total. The highest BCUT2D eigenvalue weighted by molar-refractivity contribution is 6.26. The molecule has 4 aliphatic rings. The van der Waals surface area contributed by atoms with Crippen LogP contribution in [-0.2, 0) is 19.0 Å². The molecule has 2 aliphatic heterocycles. The molecular formula is C17H23ClO6. The molecule has 2 bridgehead atoms. The Hall–Kier alpha value is -0.660. The van der Waals surface area contributed by atoms with E-state index >= 15 is 0 Å². The van der Waals surface area contributed by atoms with Crippen LogP contribution in [-0.4, -0.2) is 65.3 Å². The van der Waals surface area contributed by atoms with Crippen molar-refractivity contribution >= 4 is 17.6 Å². The Balaban J connectivity index is 1.80. The van der Waals surface area contributed by atoms with Crippen molar-refractivity contribution in [2.24, 2.45) is 10.8 Å². The van der Waals surface area contributed by atoms with Crippen LogP contribution in [0.2, 0.25) is 0 Å². The molecule has 7 heteroatoms. The van der Waals surface area contributed by atoms with E-state index in [2.05, 4.69) is 0 Å². The Kier molecular flexibility index (Phi) is 3.62. The van der Waals surface area contributed by atoms with Crippen LogP contribution < -0.4 is 0 Å². The van der Waals surface area contributed by atoms with Gasteiger partial charge in [-0.05, 0) is 19.8 Å². The van der Waals surface area contributed by atoms with E-state index in [4.69, 9.17) is 25.8 Å². The molecule has 2 N–H and O–H groups in total. The topological polar surface area (TPSA) is 88.5 Å². The first-order valence-corrected chi connectivity index (χ1v) is 8.90. The Labute approximate surface area is 145 Å². The van der Waals surface area contributed by atoms with Crippen LogP contribution in [0.1, 0.15) is 26.7 Å². The molecule has 0 aromatic carbocycles. The van der Waals surface area contributed by atoms with Crippen molar-refractivity contribution in [1.82, 2.24) is 0 Å². The predicted molar refractivity (Wildman–Crippen MR) is 84.6 cm³/mol. The number of aliphatic hydroxyl groups excluding tert-OH is 2. The number of rotatable bonds is 3. The second-order valence-electron chi connectivity index (χ2n) is 7.76. The van der Waals surface area contributed by atoms with Gasteiger partial charge in [-0.25, -0.2) is 0 Å². The summed E-state index contributed by atoms with van der Waals surface area (Å²) in [4.78, 5) is 11.7. The summed E-state index contributed by atoms with van der Waals surface area (Å²) in [6.45, 7) is 4.49. The molecular weight excluding hydrogens is 336 g/mol. The standard InChI is InChI=1S/C17H23ClO6/c1-9-3-4-16(7-22-11(19)6-18)10(5-9)24-14-12(20)13(21)15(16,2)17(14)8-23-17/h5,10,12-14,20-21H,3-4,6-8H2,1-2H3/t10-,12-,13-,14-,15-,16?,17-/m1/s1. The summed E-state index contributed by atoms with van der Waals surface area (Å²) in [5.74, 6) is -0.719. The average molecular weight is 359 g/mol. The van der Waals surface area contributed by atoms with Crippen LogP contribution in [0.15, 0.2) is 11.6 Å². The van der Waals surface area contributed by atoms with Crippen molar-refractivity contribution in [3.63, 3.8) is 0 Å². The summed E-state index contributed by atoms with van der Waals surface area (Å²) in [7, 11) is 0. The van der Waals surface area contributed by atoms with Gasteiger partial charge in [0.25, 0.3) is 0 Å². The van der Waals surface area contributed by atoms with E-state index in [9.17, 15) is 15.0 Å². The number of hydrogen-bond donors (Lipinski definition) is 2. The number of alkyl halides is 1. The van der Waals surface area contributed by atoms with Crippen LogP contribution in [0.5, 0.6) is 0 Å². The quantitative estimate of drug-likeness (QED) is 0.335. The van der Waals surface area contributed by atoms with Gasteiger partial charge in [-0.3, -0.25) is 4.79 Å². The van der Waals surface area contributed by atoms with Crippen molar-refractivity contribution < 1.29 is 29.2 Å². The van der Waals surface area contributed by atoms with Crippen LogP contribution in [0.3, 0.4) is 0 Å². The molecule has 7 atom stereocenters. The summed E-state index contributed by atoms with van der Waals surface area (Å²) < 4.78 is 17.4. The second-order valence-corrected chi connectivity index (χ2v) is 8.02. The van der Waals surface area contributed by atoms with E-state index in [1.165, 1.54) is 5.57 Å². The third-order valence-corrected chi connectivity index (χ3v) is 7.11. The van der Waals surface area contributed by atoms with Crippen LogP contribution in [0.4, 0.5) is 0 Å². The van der Waals surface area contributed by atoms with Gasteiger partial charge >= 0.3 is 5.97 Å². The maximum absolute atomic E-state index is 11.7. The van der Waals surface area contributed by atoms with E-state index in [0.29, 0.717) is 13.0 Å². The summed E-state index contributed by atoms with van der Waals surface area (Å²) >= 11 is 5.57. The molecule has 1 spiro atoms. The molecule has 4 rings (SSSR count). The monoisotopic (exact) mass is 358 g/mol. The highest BCUT2D eigenvalue weighted by Crippen LogP contribution is 2.71. The van der Waals surface area contributed by atoms with Crippen molar-refractivity contribution in [2.45, 2.75) is 56.7 Å². The zero-order valence-electron chi connectivity index (χ0n) is 13.8. The van der Waals surface area contributed by atoms with E-state index in [-0.39, 0.29) is 18.6 Å². The molecule has 134 valence electrons. The lowest BCUT2D eigenvalue weighted by Crippen LogP contribution is -2.66. The molecule has 2 heterocycles. The third-order valence-electron chi connectivity index (χ3n) is 6.89. The lowest BCUT2D eigenvalue weighted by Gasteiger charge is -2.57. The highest BCUT2D eigenvalue weighted by atomic mass is 35.5. The molecule has 0 aromatic rings. The van der Waals surface area contributed by atoms with E-state index in [1.807, 2.05) is 19.9 Å². The van der Waals surface area contributed by atoms with Gasteiger partial charge in [-0.1, -0.05) is 18.6 Å². The van der Waals surface area contributed by atoms with Gasteiger partial charge in [-0.15, -0.1) is 11.6 Å². The third kappa shape index (κ3) is 1.78. The summed E-state index contributed by atoms with van der Waals surface area (Å²) in [6.07, 6.45) is 0.607. The molecule has 2 aliphatic carbocycles. The molecule has 0 aromatic heterocycles. The molecule has 0 radical (unpaired) electrons. The lowest BCUT2D eigenvalue weighted by molar-refractivity contribution is -0.230. The molecule has 1 unspecified atom stereocenters. The molecule has 3 fully saturated rings. The van der Waals surface area contributed by atoms with E-state index < -0.39 is 40.7 Å². The van der Waals surface area contributed by atoms with Crippen molar-refractivity contribution in [3.05, 3.63) is 11.6 Å². The first-order chi connectivity index (χ1) is 11.3. The number of aliphatic hydroxyl groups is 2. The molecule has 24 heavy (non-hydrogen) atoms. The maximum Gasteiger partial charge on any atom is 0.320 e. The maximum atomic E-state index is 11.7. The van der Waals surface area contributed by atoms with Gasteiger partial charge in [0, 0.05) is 10.8 Å². The molecule has 2 saturated heterocycles. The van der Waals surface area contributed by atoms with Crippen molar-refractivity contribution in [1.29, 1.82) is 0 Å². The fourth-order valence-electron chi connectivity index (χ4n) is 5.28. The normalized spacial score (nSPS) is 52.0. The number of fused-ring (bicyclic) bond motifs is 2. The van der Waals surface area contributed by atoms with E-state index in [0.717, 1.165) is 6.42 Å². The Bertz CT molecular complexity index is 602. The largest absolute Gasteiger partial charge is 0.464 e. The summed E-state index contributed by atoms with van der Waals surface area (Å²) in [5, 5.41) is 21.5. The van der Waals surface area contributed by atoms with E-state index in [1.54, 1.807) is 0 Å². The predicted octanol–water partition coefficient (Wildman–Crippen LogP) is 0.773. The number of hydrogen-bond acceptors (Lipinski definition) is 6. The highest BCUT2D eigenvalue weighted by Gasteiger charge is 2.84. The number of carbonyl (C=O) groups is 1. The second kappa shape index (κ2) is 5.17. The number of epoxide rings is 1. The molecule has 0 amide bonds. The zero-order chi connectivity index (χ0) is 17.3. The number of allylic oxidation sites excluding steroid dienone is 1. The van der Waals surface area contributed by atoms with Gasteiger partial charge in [-0.2, -0.15) is 0 Å². The number of ether oxygens (including phenoxy) is 3. The van der Waals surface area contributed by atoms with Crippen LogP contribution >= 0.6 is 11.6 Å². The van der Waals surface area contributed by atoms with Gasteiger partial charge in [0.15, 0.2) is 0 Å². The number of halogens is 1. The fraction of sp³-hybridized carbons (Fsp3) is 0.824. The first-order valence-electron chi connectivity index (χ1n) is 8.37. The minimum Gasteiger partial charge on any atom is -0.464 e. The Morgan fingerprint density at radius 2 is 2.21 bits per heavy atom.